The Labute approximate surface area is 104 Å². The highest BCUT2D eigenvalue weighted by atomic mass is 35.5. The first-order chi connectivity index (χ1) is 8.16. The van der Waals surface area contributed by atoms with Gasteiger partial charge in [-0.05, 0) is 24.1 Å². The van der Waals surface area contributed by atoms with E-state index in [0.29, 0.717) is 17.9 Å². The van der Waals surface area contributed by atoms with Gasteiger partial charge in [-0.3, -0.25) is 14.5 Å². The first kappa shape index (κ1) is 10.8. The van der Waals surface area contributed by atoms with E-state index in [2.05, 4.69) is 0 Å². The van der Waals surface area contributed by atoms with Gasteiger partial charge in [-0.1, -0.05) is 23.7 Å². The van der Waals surface area contributed by atoms with Gasteiger partial charge in [-0.2, -0.15) is 0 Å². The molecule has 2 atom stereocenters. The van der Waals surface area contributed by atoms with Gasteiger partial charge in [0.1, 0.15) is 0 Å². The number of hydrogen-bond donors (Lipinski definition) is 0. The second-order valence-electron chi connectivity index (χ2n) is 4.63. The molecule has 4 heteroatoms. The summed E-state index contributed by atoms with van der Waals surface area (Å²) in [6, 6.07) is 7.64. The molecule has 0 aliphatic carbocycles. The van der Waals surface area contributed by atoms with Crippen LogP contribution in [0.2, 0.25) is 5.02 Å². The Balaban J connectivity index is 1.93. The number of hydrogen-bond acceptors (Lipinski definition) is 2. The molecule has 2 aliphatic rings. The van der Waals surface area contributed by atoms with Crippen LogP contribution in [0.1, 0.15) is 30.7 Å². The normalized spacial score (nSPS) is 27.7. The van der Waals surface area contributed by atoms with Gasteiger partial charge in [0.25, 0.3) is 0 Å². The Morgan fingerprint density at radius 3 is 2.53 bits per heavy atom. The van der Waals surface area contributed by atoms with Gasteiger partial charge in [-0.25, -0.2) is 0 Å². The number of nitrogens with zero attached hydrogens (tertiary/aromatic N) is 1. The topological polar surface area (TPSA) is 37.4 Å². The van der Waals surface area contributed by atoms with E-state index in [-0.39, 0.29) is 23.8 Å². The molecular formula is C13H12ClNO2. The second kappa shape index (κ2) is 3.84. The summed E-state index contributed by atoms with van der Waals surface area (Å²) >= 11 is 5.85. The summed E-state index contributed by atoms with van der Waals surface area (Å²) in [4.78, 5) is 24.8. The number of benzene rings is 1. The van der Waals surface area contributed by atoms with E-state index in [1.165, 1.54) is 4.90 Å². The summed E-state index contributed by atoms with van der Waals surface area (Å²) in [5, 5.41) is 0.692. The van der Waals surface area contributed by atoms with E-state index in [9.17, 15) is 9.59 Å². The fourth-order valence-corrected chi connectivity index (χ4v) is 3.01. The maximum absolute atomic E-state index is 11.8. The smallest absolute Gasteiger partial charge is 0.230 e. The fourth-order valence-electron chi connectivity index (χ4n) is 2.88. The molecule has 88 valence electrons. The van der Waals surface area contributed by atoms with Crippen LogP contribution in [0.15, 0.2) is 24.3 Å². The predicted octanol–water partition coefficient (Wildman–Crippen LogP) is 2.34. The van der Waals surface area contributed by atoms with Crippen LogP contribution >= 0.6 is 11.6 Å². The largest absolute Gasteiger partial charge is 0.279 e. The van der Waals surface area contributed by atoms with Gasteiger partial charge in [0.15, 0.2) is 0 Å². The van der Waals surface area contributed by atoms with Crippen molar-refractivity contribution in [1.29, 1.82) is 0 Å². The van der Waals surface area contributed by atoms with Crippen molar-refractivity contribution in [3.05, 3.63) is 34.9 Å². The number of fused-ring (bicyclic) bond motifs is 1. The summed E-state index contributed by atoms with van der Waals surface area (Å²) in [6.45, 7) is 0. The summed E-state index contributed by atoms with van der Waals surface area (Å²) in [5.41, 5.74) is 1.10. The van der Waals surface area contributed by atoms with E-state index in [1.807, 2.05) is 24.3 Å². The highest BCUT2D eigenvalue weighted by Crippen LogP contribution is 2.40. The van der Waals surface area contributed by atoms with Crippen molar-refractivity contribution in [1.82, 2.24) is 4.90 Å². The van der Waals surface area contributed by atoms with Gasteiger partial charge in [0.2, 0.25) is 11.8 Å². The zero-order valence-electron chi connectivity index (χ0n) is 9.23. The summed E-state index contributed by atoms with van der Waals surface area (Å²) in [7, 11) is 0. The number of halogens is 1. The number of rotatable bonds is 1. The number of imide groups is 1. The molecular weight excluding hydrogens is 238 g/mol. The third-order valence-corrected chi connectivity index (χ3v) is 3.93. The minimum Gasteiger partial charge on any atom is -0.279 e. The molecule has 3 rings (SSSR count). The predicted molar refractivity (Wildman–Crippen MR) is 63.7 cm³/mol. The zero-order chi connectivity index (χ0) is 12.0. The Bertz CT molecular complexity index is 483. The van der Waals surface area contributed by atoms with E-state index < -0.39 is 0 Å². The Hall–Kier alpha value is -1.35. The molecule has 0 N–H and O–H groups in total. The summed E-state index contributed by atoms with van der Waals surface area (Å²) in [6.07, 6.45) is 1.73. The fraction of sp³-hybridized carbons (Fsp3) is 0.385. The van der Waals surface area contributed by atoms with Crippen LogP contribution in [-0.4, -0.2) is 22.8 Å². The minimum absolute atomic E-state index is 0.0172. The first-order valence-corrected chi connectivity index (χ1v) is 6.15. The van der Waals surface area contributed by atoms with Crippen LogP contribution in [0.4, 0.5) is 0 Å². The van der Waals surface area contributed by atoms with Gasteiger partial charge in [0, 0.05) is 29.8 Å². The maximum Gasteiger partial charge on any atom is 0.230 e. The highest BCUT2D eigenvalue weighted by Gasteiger charge is 2.47. The van der Waals surface area contributed by atoms with Gasteiger partial charge >= 0.3 is 0 Å². The van der Waals surface area contributed by atoms with Crippen molar-refractivity contribution in [3.63, 3.8) is 0 Å². The lowest BCUT2D eigenvalue weighted by Crippen LogP contribution is -2.32. The summed E-state index contributed by atoms with van der Waals surface area (Å²) < 4.78 is 0. The second-order valence-corrected chi connectivity index (χ2v) is 5.06. The van der Waals surface area contributed by atoms with Crippen LogP contribution in [-0.2, 0) is 9.59 Å². The number of amides is 2. The Morgan fingerprint density at radius 2 is 1.82 bits per heavy atom. The van der Waals surface area contributed by atoms with Crippen molar-refractivity contribution in [3.8, 4) is 0 Å². The quantitative estimate of drug-likeness (QED) is 0.717. The molecule has 0 aromatic heterocycles. The molecule has 2 aliphatic heterocycles. The van der Waals surface area contributed by atoms with Crippen molar-refractivity contribution < 1.29 is 9.59 Å². The van der Waals surface area contributed by atoms with E-state index >= 15 is 0 Å². The number of carbonyl (C=O) groups is 2. The third-order valence-electron chi connectivity index (χ3n) is 3.68. The van der Waals surface area contributed by atoms with E-state index in [0.717, 1.165) is 12.0 Å². The molecule has 0 unspecified atom stereocenters. The minimum atomic E-state index is -0.0301. The lowest BCUT2D eigenvalue weighted by atomic mass is 9.90. The summed E-state index contributed by atoms with van der Waals surface area (Å²) in [5.74, 6) is 0.0973. The SMILES string of the molecule is O=C1CC[C@@H]2[C@H](c3ccc(Cl)cc3)CC(=O)N12. The lowest BCUT2D eigenvalue weighted by molar-refractivity contribution is -0.140. The van der Waals surface area contributed by atoms with E-state index in [4.69, 9.17) is 11.6 Å². The van der Waals surface area contributed by atoms with Crippen LogP contribution in [0.25, 0.3) is 0 Å². The molecule has 0 spiro atoms. The van der Waals surface area contributed by atoms with Crippen molar-refractivity contribution in [2.75, 3.05) is 0 Å². The highest BCUT2D eigenvalue weighted by molar-refractivity contribution is 6.30. The molecule has 2 fully saturated rings. The molecule has 0 saturated carbocycles. The number of carbonyl (C=O) groups excluding carboxylic acids is 2. The van der Waals surface area contributed by atoms with Crippen molar-refractivity contribution >= 4 is 23.4 Å². The van der Waals surface area contributed by atoms with Crippen LogP contribution in [0.3, 0.4) is 0 Å². The Morgan fingerprint density at radius 1 is 1.12 bits per heavy atom. The van der Waals surface area contributed by atoms with E-state index in [1.54, 1.807) is 0 Å². The van der Waals surface area contributed by atoms with Crippen LogP contribution in [0.5, 0.6) is 0 Å². The molecule has 0 bridgehead atoms. The standard InChI is InChI=1S/C13H12ClNO2/c14-9-3-1-8(2-4-9)10-7-13(17)15-11(10)5-6-12(15)16/h1-4,10-11H,5-7H2/t10-,11+/m0/s1. The average molecular weight is 250 g/mol. The zero-order valence-corrected chi connectivity index (χ0v) is 9.98. The monoisotopic (exact) mass is 249 g/mol. The van der Waals surface area contributed by atoms with Crippen molar-refractivity contribution in [2.45, 2.75) is 31.2 Å². The van der Waals surface area contributed by atoms with Crippen LogP contribution < -0.4 is 0 Å². The third kappa shape index (κ3) is 1.65. The van der Waals surface area contributed by atoms with Crippen molar-refractivity contribution in [2.24, 2.45) is 0 Å². The molecule has 17 heavy (non-hydrogen) atoms. The molecule has 2 saturated heterocycles. The maximum atomic E-state index is 11.8. The molecule has 1 aromatic rings. The first-order valence-electron chi connectivity index (χ1n) is 5.77. The van der Waals surface area contributed by atoms with Crippen LogP contribution in [0, 0.1) is 0 Å². The molecule has 0 radical (unpaired) electrons. The van der Waals surface area contributed by atoms with Gasteiger partial charge in [0.05, 0.1) is 0 Å². The Kier molecular flexibility index (Phi) is 2.44. The molecule has 2 amide bonds. The lowest BCUT2D eigenvalue weighted by Gasteiger charge is -2.18. The van der Waals surface area contributed by atoms with Gasteiger partial charge < -0.3 is 0 Å². The molecule has 2 heterocycles. The molecule has 3 nitrogen and oxygen atoms in total. The van der Waals surface area contributed by atoms with Gasteiger partial charge in [-0.15, -0.1) is 0 Å². The average Bonchev–Trinajstić information content (AvgIpc) is 2.83. The molecule has 1 aromatic carbocycles.